The van der Waals surface area contributed by atoms with Crippen molar-refractivity contribution in [3.8, 4) is 0 Å². The van der Waals surface area contributed by atoms with Gasteiger partial charge in [0.1, 0.15) is 5.82 Å². The monoisotopic (exact) mass is 229 g/mol. The molecule has 0 amide bonds. The number of hydrogen-bond acceptors (Lipinski definition) is 2. The maximum atomic E-state index is 13.0. The molecule has 2 rings (SSSR count). The normalized spacial score (nSPS) is 10.3. The van der Waals surface area contributed by atoms with E-state index in [4.69, 9.17) is 0 Å². The Kier molecular flexibility index (Phi) is 3.00. The zero-order valence-electron chi connectivity index (χ0n) is 9.70. The Balaban J connectivity index is 2.51. The fraction of sp³-hybridized carbons (Fsp3) is 0.143. The van der Waals surface area contributed by atoms with Crippen LogP contribution in [0.3, 0.4) is 0 Å². The molecule has 0 N–H and O–H groups in total. The third-order valence-corrected chi connectivity index (χ3v) is 2.68. The summed E-state index contributed by atoms with van der Waals surface area (Å²) >= 11 is 0. The molecular formula is C14H12FNO. The van der Waals surface area contributed by atoms with Crippen molar-refractivity contribution in [3.63, 3.8) is 0 Å². The molecule has 0 fully saturated rings. The first-order chi connectivity index (χ1) is 8.09. The second-order valence-corrected chi connectivity index (χ2v) is 3.99. The molecule has 0 atom stereocenters. The SMILES string of the molecule is Cc1cccc(C)c1C(=O)c1cncc(F)c1. The van der Waals surface area contributed by atoms with Gasteiger partial charge in [0.25, 0.3) is 0 Å². The molecule has 0 saturated heterocycles. The van der Waals surface area contributed by atoms with Crippen LogP contribution < -0.4 is 0 Å². The molecule has 0 saturated carbocycles. The molecular weight excluding hydrogens is 217 g/mol. The summed E-state index contributed by atoms with van der Waals surface area (Å²) < 4.78 is 13.0. The molecule has 0 spiro atoms. The molecule has 86 valence electrons. The van der Waals surface area contributed by atoms with Gasteiger partial charge in [-0.25, -0.2) is 4.39 Å². The van der Waals surface area contributed by atoms with Crippen LogP contribution in [-0.2, 0) is 0 Å². The van der Waals surface area contributed by atoms with E-state index >= 15 is 0 Å². The number of aromatic nitrogens is 1. The summed E-state index contributed by atoms with van der Waals surface area (Å²) in [4.78, 5) is 15.9. The highest BCUT2D eigenvalue weighted by Gasteiger charge is 2.14. The summed E-state index contributed by atoms with van der Waals surface area (Å²) in [5, 5.41) is 0. The zero-order valence-corrected chi connectivity index (χ0v) is 9.70. The molecule has 3 heteroatoms. The van der Waals surface area contributed by atoms with Crippen molar-refractivity contribution in [1.82, 2.24) is 4.98 Å². The minimum atomic E-state index is -0.498. The van der Waals surface area contributed by atoms with Crippen molar-refractivity contribution in [1.29, 1.82) is 0 Å². The van der Waals surface area contributed by atoms with Crippen molar-refractivity contribution in [2.24, 2.45) is 0 Å². The van der Waals surface area contributed by atoms with Crippen LogP contribution in [0, 0.1) is 19.7 Å². The highest BCUT2D eigenvalue weighted by Crippen LogP contribution is 2.18. The van der Waals surface area contributed by atoms with Gasteiger partial charge in [0.15, 0.2) is 5.78 Å². The van der Waals surface area contributed by atoms with Gasteiger partial charge in [0.2, 0.25) is 0 Å². The molecule has 0 unspecified atom stereocenters. The van der Waals surface area contributed by atoms with E-state index in [2.05, 4.69) is 4.98 Å². The summed E-state index contributed by atoms with van der Waals surface area (Å²) in [6, 6.07) is 6.84. The number of halogens is 1. The molecule has 0 radical (unpaired) electrons. The van der Waals surface area contributed by atoms with Crippen LogP contribution in [-0.4, -0.2) is 10.8 Å². The number of benzene rings is 1. The first-order valence-corrected chi connectivity index (χ1v) is 5.31. The highest BCUT2D eigenvalue weighted by atomic mass is 19.1. The lowest BCUT2D eigenvalue weighted by Gasteiger charge is -2.08. The summed E-state index contributed by atoms with van der Waals surface area (Å²) in [6.07, 6.45) is 2.47. The lowest BCUT2D eigenvalue weighted by Crippen LogP contribution is -2.07. The lowest BCUT2D eigenvalue weighted by molar-refractivity contribution is 0.103. The van der Waals surface area contributed by atoms with Crippen LogP contribution in [0.4, 0.5) is 4.39 Å². The average Bonchev–Trinajstić information content (AvgIpc) is 2.28. The number of ketones is 1. The molecule has 1 aromatic heterocycles. The number of pyridine rings is 1. The van der Waals surface area contributed by atoms with Gasteiger partial charge in [0.05, 0.1) is 6.20 Å². The number of rotatable bonds is 2. The van der Waals surface area contributed by atoms with E-state index in [-0.39, 0.29) is 11.3 Å². The average molecular weight is 229 g/mol. The Morgan fingerprint density at radius 3 is 2.41 bits per heavy atom. The predicted octanol–water partition coefficient (Wildman–Crippen LogP) is 3.07. The maximum Gasteiger partial charge on any atom is 0.195 e. The molecule has 1 aromatic carbocycles. The van der Waals surface area contributed by atoms with E-state index in [1.54, 1.807) is 0 Å². The third kappa shape index (κ3) is 2.23. The van der Waals surface area contributed by atoms with Gasteiger partial charge in [-0.1, -0.05) is 18.2 Å². The summed E-state index contributed by atoms with van der Waals surface area (Å²) in [5.74, 6) is -0.685. The van der Waals surface area contributed by atoms with Crippen LogP contribution in [0.5, 0.6) is 0 Å². The maximum absolute atomic E-state index is 13.0. The molecule has 0 aliphatic carbocycles. The van der Waals surface area contributed by atoms with Crippen molar-refractivity contribution >= 4 is 5.78 Å². The molecule has 0 bridgehead atoms. The van der Waals surface area contributed by atoms with Gasteiger partial charge in [-0.2, -0.15) is 0 Å². The van der Waals surface area contributed by atoms with Crippen LogP contribution >= 0.6 is 0 Å². The zero-order chi connectivity index (χ0) is 12.4. The standard InChI is InChI=1S/C14H12FNO/c1-9-4-3-5-10(2)13(9)14(17)11-6-12(15)8-16-7-11/h3-8H,1-2H3. The van der Waals surface area contributed by atoms with Gasteiger partial charge in [-0.3, -0.25) is 9.78 Å². The van der Waals surface area contributed by atoms with Crippen molar-refractivity contribution in [3.05, 3.63) is 64.7 Å². The quantitative estimate of drug-likeness (QED) is 0.741. The minimum Gasteiger partial charge on any atom is -0.289 e. The minimum absolute atomic E-state index is 0.187. The molecule has 2 nitrogen and oxygen atoms in total. The molecule has 17 heavy (non-hydrogen) atoms. The number of hydrogen-bond donors (Lipinski definition) is 0. The second kappa shape index (κ2) is 4.45. The molecule has 1 heterocycles. The van der Waals surface area contributed by atoms with Gasteiger partial charge < -0.3 is 0 Å². The predicted molar refractivity (Wildman–Crippen MR) is 63.5 cm³/mol. The van der Waals surface area contributed by atoms with E-state index < -0.39 is 5.82 Å². The largest absolute Gasteiger partial charge is 0.289 e. The van der Waals surface area contributed by atoms with E-state index in [0.29, 0.717) is 5.56 Å². The first-order valence-electron chi connectivity index (χ1n) is 5.31. The van der Waals surface area contributed by atoms with Crippen LogP contribution in [0.25, 0.3) is 0 Å². The van der Waals surface area contributed by atoms with E-state index in [1.807, 2.05) is 32.0 Å². The smallest absolute Gasteiger partial charge is 0.195 e. The third-order valence-electron chi connectivity index (χ3n) is 2.68. The van der Waals surface area contributed by atoms with Gasteiger partial charge in [0, 0.05) is 17.3 Å². The van der Waals surface area contributed by atoms with Crippen molar-refractivity contribution < 1.29 is 9.18 Å². The van der Waals surface area contributed by atoms with Gasteiger partial charge in [-0.15, -0.1) is 0 Å². The van der Waals surface area contributed by atoms with Crippen LogP contribution in [0.2, 0.25) is 0 Å². The fourth-order valence-corrected chi connectivity index (χ4v) is 1.85. The lowest BCUT2D eigenvalue weighted by atomic mass is 9.96. The van der Waals surface area contributed by atoms with E-state index in [9.17, 15) is 9.18 Å². The van der Waals surface area contributed by atoms with E-state index in [1.165, 1.54) is 12.3 Å². The number of nitrogens with zero attached hydrogens (tertiary/aromatic N) is 1. The fourth-order valence-electron chi connectivity index (χ4n) is 1.85. The van der Waals surface area contributed by atoms with Crippen LogP contribution in [0.1, 0.15) is 27.0 Å². The molecule has 2 aromatic rings. The van der Waals surface area contributed by atoms with Crippen molar-refractivity contribution in [2.75, 3.05) is 0 Å². The van der Waals surface area contributed by atoms with Crippen LogP contribution in [0.15, 0.2) is 36.7 Å². The highest BCUT2D eigenvalue weighted by molar-refractivity contribution is 6.10. The number of carbonyl (C=O) groups is 1. The van der Waals surface area contributed by atoms with Crippen molar-refractivity contribution in [2.45, 2.75) is 13.8 Å². The first kappa shape index (κ1) is 11.5. The Hall–Kier alpha value is -2.03. The summed E-state index contributed by atoms with van der Waals surface area (Å²) in [5.41, 5.74) is 2.68. The van der Waals surface area contributed by atoms with Gasteiger partial charge in [-0.05, 0) is 31.0 Å². The summed E-state index contributed by atoms with van der Waals surface area (Å²) in [6.45, 7) is 3.74. The Morgan fingerprint density at radius 2 is 1.82 bits per heavy atom. The van der Waals surface area contributed by atoms with E-state index in [0.717, 1.165) is 17.3 Å². The number of carbonyl (C=O) groups excluding carboxylic acids is 1. The Morgan fingerprint density at radius 1 is 1.18 bits per heavy atom. The number of aryl methyl sites for hydroxylation is 2. The summed E-state index contributed by atoms with van der Waals surface area (Å²) in [7, 11) is 0. The molecule has 0 aliphatic rings. The Labute approximate surface area is 99.1 Å². The molecule has 0 aliphatic heterocycles. The topological polar surface area (TPSA) is 30.0 Å². The second-order valence-electron chi connectivity index (χ2n) is 3.99. The Bertz CT molecular complexity index is 558. The van der Waals surface area contributed by atoms with Gasteiger partial charge >= 0.3 is 0 Å².